The van der Waals surface area contributed by atoms with Crippen molar-refractivity contribution in [1.82, 2.24) is 0 Å². The summed E-state index contributed by atoms with van der Waals surface area (Å²) in [4.78, 5) is 15.1. The van der Waals surface area contributed by atoms with E-state index in [1.165, 1.54) is 23.9 Å². The van der Waals surface area contributed by atoms with Crippen LogP contribution >= 0.6 is 11.8 Å². The predicted octanol–water partition coefficient (Wildman–Crippen LogP) is 5.67. The third-order valence-electron chi connectivity index (χ3n) is 4.79. The van der Waals surface area contributed by atoms with Crippen LogP contribution < -0.4 is 9.62 Å². The second kappa shape index (κ2) is 10.4. The van der Waals surface area contributed by atoms with Gasteiger partial charge in [0.1, 0.15) is 6.54 Å². The van der Waals surface area contributed by atoms with Crippen molar-refractivity contribution >= 4 is 39.1 Å². The normalized spacial score (nSPS) is 11.0. The Hall–Kier alpha value is -3.55. The molecule has 166 valence electrons. The number of para-hydroxylation sites is 2. The molecular weight excluding hydrogens is 452 g/mol. The zero-order valence-corrected chi connectivity index (χ0v) is 19.3. The Bertz CT molecular complexity index is 1310. The molecule has 0 aliphatic carbocycles. The number of carbonyl (C=O) groups is 1. The number of nitrogens with zero attached hydrogens (tertiary/aromatic N) is 1. The van der Waals surface area contributed by atoms with E-state index in [-0.39, 0.29) is 11.4 Å². The molecule has 1 N–H and O–H groups in total. The molecule has 0 bridgehead atoms. The van der Waals surface area contributed by atoms with Gasteiger partial charge >= 0.3 is 0 Å². The first-order chi connectivity index (χ1) is 16.0. The fraction of sp³-hybridized carbons (Fsp3) is 0.0385. The SMILES string of the molecule is O=C(CN(c1ccccc1)S(=O)(=O)c1ccccc1)Nc1ccccc1Sc1ccccc1. The third kappa shape index (κ3) is 5.63. The molecule has 4 rings (SSSR count). The smallest absolute Gasteiger partial charge is 0.264 e. The molecule has 4 aromatic carbocycles. The van der Waals surface area contributed by atoms with Crippen molar-refractivity contribution in [2.24, 2.45) is 0 Å². The maximum atomic E-state index is 13.4. The number of hydrogen-bond donors (Lipinski definition) is 1. The van der Waals surface area contributed by atoms with Gasteiger partial charge in [0.25, 0.3) is 10.0 Å². The van der Waals surface area contributed by atoms with E-state index in [1.807, 2.05) is 54.6 Å². The lowest BCUT2D eigenvalue weighted by atomic mass is 10.3. The molecule has 0 saturated carbocycles. The van der Waals surface area contributed by atoms with Crippen LogP contribution in [0.1, 0.15) is 0 Å². The van der Waals surface area contributed by atoms with Crippen LogP contribution in [0.2, 0.25) is 0 Å². The molecule has 0 atom stereocenters. The minimum absolute atomic E-state index is 0.127. The van der Waals surface area contributed by atoms with Crippen LogP contribution in [-0.2, 0) is 14.8 Å². The lowest BCUT2D eigenvalue weighted by Gasteiger charge is -2.24. The Morgan fingerprint density at radius 1 is 0.727 bits per heavy atom. The standard InChI is InChI=1S/C26H22N2O3S2/c29-26(27-24-18-10-11-19-25(24)32-22-14-6-2-7-15-22)20-28(21-12-4-1-5-13-21)33(30,31)23-16-8-3-9-17-23/h1-19H,20H2,(H,27,29). The van der Waals surface area contributed by atoms with Gasteiger partial charge in [0, 0.05) is 9.79 Å². The number of anilines is 2. The lowest BCUT2D eigenvalue weighted by Crippen LogP contribution is -2.38. The number of benzene rings is 4. The van der Waals surface area contributed by atoms with Crippen molar-refractivity contribution in [2.45, 2.75) is 14.7 Å². The number of nitrogens with one attached hydrogen (secondary N) is 1. The van der Waals surface area contributed by atoms with Gasteiger partial charge in [-0.2, -0.15) is 0 Å². The summed E-state index contributed by atoms with van der Waals surface area (Å²) in [5.41, 5.74) is 1.05. The van der Waals surface area contributed by atoms with Gasteiger partial charge in [-0.3, -0.25) is 9.10 Å². The summed E-state index contributed by atoms with van der Waals surface area (Å²) < 4.78 is 27.9. The molecule has 0 fully saturated rings. The summed E-state index contributed by atoms with van der Waals surface area (Å²) in [6.07, 6.45) is 0. The Morgan fingerprint density at radius 2 is 1.27 bits per heavy atom. The number of rotatable bonds is 8. The highest BCUT2D eigenvalue weighted by molar-refractivity contribution is 7.99. The molecule has 0 aliphatic rings. The highest BCUT2D eigenvalue weighted by Crippen LogP contribution is 2.33. The van der Waals surface area contributed by atoms with Crippen molar-refractivity contribution in [3.05, 3.63) is 115 Å². The minimum Gasteiger partial charge on any atom is -0.323 e. The molecule has 0 aliphatic heterocycles. The molecule has 5 nitrogen and oxygen atoms in total. The number of hydrogen-bond acceptors (Lipinski definition) is 4. The molecule has 4 aromatic rings. The number of carbonyl (C=O) groups excluding carboxylic acids is 1. The van der Waals surface area contributed by atoms with Crippen LogP contribution in [0.25, 0.3) is 0 Å². The largest absolute Gasteiger partial charge is 0.323 e. The van der Waals surface area contributed by atoms with Crippen molar-refractivity contribution in [1.29, 1.82) is 0 Å². The fourth-order valence-electron chi connectivity index (χ4n) is 3.22. The number of sulfonamides is 1. The molecular formula is C26H22N2O3S2. The van der Waals surface area contributed by atoms with E-state index in [2.05, 4.69) is 5.32 Å². The molecule has 0 heterocycles. The molecule has 33 heavy (non-hydrogen) atoms. The highest BCUT2D eigenvalue weighted by Gasteiger charge is 2.27. The maximum Gasteiger partial charge on any atom is 0.264 e. The summed E-state index contributed by atoms with van der Waals surface area (Å²) in [6.45, 7) is -0.356. The van der Waals surface area contributed by atoms with E-state index in [0.29, 0.717) is 11.4 Å². The molecule has 0 unspecified atom stereocenters. The third-order valence-corrected chi connectivity index (χ3v) is 7.67. The van der Waals surface area contributed by atoms with Gasteiger partial charge in [-0.05, 0) is 48.5 Å². The van der Waals surface area contributed by atoms with Gasteiger partial charge in [0.2, 0.25) is 5.91 Å². The molecule has 7 heteroatoms. The van der Waals surface area contributed by atoms with Crippen molar-refractivity contribution in [2.75, 3.05) is 16.2 Å². The quantitative estimate of drug-likeness (QED) is 0.357. The van der Waals surface area contributed by atoms with E-state index in [1.54, 1.807) is 48.5 Å². The van der Waals surface area contributed by atoms with Crippen LogP contribution in [0.3, 0.4) is 0 Å². The first-order valence-corrected chi connectivity index (χ1v) is 12.5. The van der Waals surface area contributed by atoms with Gasteiger partial charge in [-0.25, -0.2) is 8.42 Å². The van der Waals surface area contributed by atoms with Crippen LogP contribution in [0.15, 0.2) is 130 Å². The van der Waals surface area contributed by atoms with Gasteiger partial charge in [-0.1, -0.05) is 78.5 Å². The van der Waals surface area contributed by atoms with Crippen LogP contribution in [0.5, 0.6) is 0 Å². The van der Waals surface area contributed by atoms with Crippen LogP contribution in [0, 0.1) is 0 Å². The summed E-state index contributed by atoms with van der Waals surface area (Å²) in [7, 11) is -3.93. The monoisotopic (exact) mass is 474 g/mol. The van der Waals surface area contributed by atoms with Crippen LogP contribution in [-0.4, -0.2) is 20.9 Å². The first-order valence-electron chi connectivity index (χ1n) is 10.3. The fourth-order valence-corrected chi connectivity index (χ4v) is 5.59. The Kier molecular flexibility index (Phi) is 7.12. The second-order valence-corrected chi connectivity index (χ2v) is 10.1. The highest BCUT2D eigenvalue weighted by atomic mass is 32.2. The molecule has 1 amide bonds. The summed E-state index contributed by atoms with van der Waals surface area (Å²) >= 11 is 1.53. The van der Waals surface area contributed by atoms with Gasteiger partial charge in [-0.15, -0.1) is 0 Å². The second-order valence-electron chi connectivity index (χ2n) is 7.12. The zero-order chi connectivity index (χ0) is 23.1. The Balaban J connectivity index is 1.59. The topological polar surface area (TPSA) is 66.5 Å². The van der Waals surface area contributed by atoms with Gasteiger partial charge in [0.05, 0.1) is 16.3 Å². The Morgan fingerprint density at radius 3 is 1.94 bits per heavy atom. The maximum absolute atomic E-state index is 13.4. The van der Waals surface area contributed by atoms with Crippen molar-refractivity contribution in [3.63, 3.8) is 0 Å². The molecule has 0 spiro atoms. The van der Waals surface area contributed by atoms with Crippen molar-refractivity contribution in [3.8, 4) is 0 Å². The van der Waals surface area contributed by atoms with E-state index in [9.17, 15) is 13.2 Å². The van der Waals surface area contributed by atoms with Crippen molar-refractivity contribution < 1.29 is 13.2 Å². The van der Waals surface area contributed by atoms with E-state index >= 15 is 0 Å². The molecule has 0 saturated heterocycles. The Labute approximate surface area is 198 Å². The minimum atomic E-state index is -3.93. The van der Waals surface area contributed by atoms with Gasteiger partial charge < -0.3 is 5.32 Å². The van der Waals surface area contributed by atoms with Crippen LogP contribution in [0.4, 0.5) is 11.4 Å². The average molecular weight is 475 g/mol. The summed E-state index contributed by atoms with van der Waals surface area (Å²) in [5.74, 6) is -0.431. The first kappa shape index (κ1) is 22.6. The van der Waals surface area contributed by atoms with E-state index < -0.39 is 15.9 Å². The van der Waals surface area contributed by atoms with Gasteiger partial charge in [0.15, 0.2) is 0 Å². The summed E-state index contributed by atoms with van der Waals surface area (Å²) in [6, 6.07) is 34.0. The zero-order valence-electron chi connectivity index (χ0n) is 17.7. The molecule has 0 radical (unpaired) electrons. The summed E-state index contributed by atoms with van der Waals surface area (Å²) in [5, 5.41) is 2.89. The average Bonchev–Trinajstić information content (AvgIpc) is 2.85. The van der Waals surface area contributed by atoms with E-state index in [4.69, 9.17) is 0 Å². The molecule has 0 aromatic heterocycles. The number of amides is 1. The predicted molar refractivity (Wildman–Crippen MR) is 133 cm³/mol. The van der Waals surface area contributed by atoms with E-state index in [0.717, 1.165) is 14.1 Å². The lowest BCUT2D eigenvalue weighted by molar-refractivity contribution is -0.114.